The number of thioether (sulfide) groups is 1. The Balaban J connectivity index is 2.14. The molecule has 0 bridgehead atoms. The molecule has 0 aliphatic heterocycles. The van der Waals surface area contributed by atoms with Gasteiger partial charge in [0.15, 0.2) is 5.82 Å². The maximum atomic E-state index is 9.80. The fourth-order valence-corrected chi connectivity index (χ4v) is 2.58. The molecule has 0 radical (unpaired) electrons. The van der Waals surface area contributed by atoms with Crippen LogP contribution in [0.2, 0.25) is 0 Å². The van der Waals surface area contributed by atoms with Crippen LogP contribution in [0, 0.1) is 0 Å². The normalized spacial score (nSPS) is 12.6. The number of aromatic hydroxyl groups is 1. The third kappa shape index (κ3) is 3.73. The van der Waals surface area contributed by atoms with E-state index in [4.69, 9.17) is 4.52 Å². The second kappa shape index (κ2) is 6.43. The van der Waals surface area contributed by atoms with E-state index >= 15 is 0 Å². The van der Waals surface area contributed by atoms with Crippen LogP contribution in [-0.2, 0) is 5.75 Å². The van der Waals surface area contributed by atoms with Crippen molar-refractivity contribution < 1.29 is 9.63 Å². The van der Waals surface area contributed by atoms with Gasteiger partial charge in [-0.3, -0.25) is 0 Å². The molecule has 1 heterocycles. The fraction of sp³-hybridized carbons (Fsp3) is 0.385. The summed E-state index contributed by atoms with van der Waals surface area (Å²) < 4.78 is 6.05. The van der Waals surface area contributed by atoms with Crippen LogP contribution in [-0.4, -0.2) is 20.5 Å². The number of benzene rings is 1. The zero-order valence-corrected chi connectivity index (χ0v) is 13.2. The number of rotatable bonds is 5. The third-order valence-corrected chi connectivity index (χ3v) is 4.55. The van der Waals surface area contributed by atoms with Gasteiger partial charge in [-0.25, -0.2) is 0 Å². The molecule has 6 heteroatoms. The number of aromatic nitrogens is 2. The third-order valence-electron chi connectivity index (χ3n) is 2.73. The lowest BCUT2D eigenvalue weighted by Crippen LogP contribution is -1.94. The van der Waals surface area contributed by atoms with Crippen LogP contribution in [0.3, 0.4) is 0 Å². The monoisotopic (exact) mass is 342 g/mol. The second-order valence-corrected chi connectivity index (χ2v) is 6.55. The maximum absolute atomic E-state index is 9.80. The van der Waals surface area contributed by atoms with Crippen molar-refractivity contribution in [2.45, 2.75) is 31.3 Å². The highest BCUT2D eigenvalue weighted by Crippen LogP contribution is 2.31. The highest BCUT2D eigenvalue weighted by Gasteiger charge is 2.14. The summed E-state index contributed by atoms with van der Waals surface area (Å²) in [6.07, 6.45) is 1.11. The zero-order valence-electron chi connectivity index (χ0n) is 10.8. The molecular weight excluding hydrogens is 328 g/mol. The lowest BCUT2D eigenvalue weighted by atomic mass is 10.2. The molecule has 0 spiro atoms. The lowest BCUT2D eigenvalue weighted by molar-refractivity contribution is 0.419. The van der Waals surface area contributed by atoms with Gasteiger partial charge in [-0.2, -0.15) is 16.7 Å². The van der Waals surface area contributed by atoms with Crippen molar-refractivity contribution in [1.29, 1.82) is 0 Å². The SMILES string of the molecule is CCC(C)SCc1noc(-c2cc(Br)ccc2O)n1. The van der Waals surface area contributed by atoms with E-state index in [1.165, 1.54) is 0 Å². The van der Waals surface area contributed by atoms with Crippen molar-refractivity contribution in [3.63, 3.8) is 0 Å². The van der Waals surface area contributed by atoms with E-state index in [1.54, 1.807) is 30.0 Å². The van der Waals surface area contributed by atoms with Crippen molar-refractivity contribution >= 4 is 27.7 Å². The first-order chi connectivity index (χ1) is 9.10. The van der Waals surface area contributed by atoms with Crippen LogP contribution >= 0.6 is 27.7 Å². The largest absolute Gasteiger partial charge is 0.507 e. The Morgan fingerprint density at radius 1 is 1.47 bits per heavy atom. The number of halogens is 1. The van der Waals surface area contributed by atoms with Gasteiger partial charge in [0, 0.05) is 9.72 Å². The molecule has 0 aliphatic rings. The number of hydrogen-bond acceptors (Lipinski definition) is 5. The Morgan fingerprint density at radius 3 is 3.00 bits per heavy atom. The molecule has 4 nitrogen and oxygen atoms in total. The van der Waals surface area contributed by atoms with Gasteiger partial charge in [0.2, 0.25) is 0 Å². The molecule has 0 fully saturated rings. The van der Waals surface area contributed by atoms with Gasteiger partial charge in [-0.15, -0.1) is 0 Å². The molecule has 0 saturated carbocycles. The number of hydrogen-bond donors (Lipinski definition) is 1. The topological polar surface area (TPSA) is 59.2 Å². The fourth-order valence-electron chi connectivity index (χ4n) is 1.44. The van der Waals surface area contributed by atoms with Gasteiger partial charge in [-0.1, -0.05) is 34.9 Å². The molecule has 2 rings (SSSR count). The van der Waals surface area contributed by atoms with Crippen LogP contribution in [0.4, 0.5) is 0 Å². The summed E-state index contributed by atoms with van der Waals surface area (Å²) in [5.74, 6) is 1.85. The minimum absolute atomic E-state index is 0.132. The summed E-state index contributed by atoms with van der Waals surface area (Å²) in [5.41, 5.74) is 0.543. The van der Waals surface area contributed by atoms with E-state index in [1.807, 2.05) is 0 Å². The molecule has 1 unspecified atom stereocenters. The molecule has 1 N–H and O–H groups in total. The van der Waals surface area contributed by atoms with Crippen molar-refractivity contribution in [1.82, 2.24) is 10.1 Å². The summed E-state index contributed by atoms with van der Waals surface area (Å²) in [5, 5.41) is 14.3. The number of nitrogens with zero attached hydrogens (tertiary/aromatic N) is 2. The van der Waals surface area contributed by atoms with Crippen LogP contribution in [0.25, 0.3) is 11.5 Å². The van der Waals surface area contributed by atoms with Crippen LogP contribution in [0.5, 0.6) is 5.75 Å². The van der Waals surface area contributed by atoms with Crippen molar-refractivity contribution in [2.75, 3.05) is 0 Å². The number of phenols is 1. The van der Waals surface area contributed by atoms with Gasteiger partial charge in [0.25, 0.3) is 5.89 Å². The molecule has 19 heavy (non-hydrogen) atoms. The Hall–Kier alpha value is -1.01. The van der Waals surface area contributed by atoms with Crippen molar-refractivity contribution in [2.24, 2.45) is 0 Å². The molecule has 2 aromatic rings. The quantitative estimate of drug-likeness (QED) is 0.880. The minimum atomic E-state index is 0.132. The van der Waals surface area contributed by atoms with E-state index in [0.29, 0.717) is 28.3 Å². The maximum Gasteiger partial charge on any atom is 0.261 e. The predicted octanol–water partition coefficient (Wildman–Crippen LogP) is 4.24. The van der Waals surface area contributed by atoms with E-state index in [0.717, 1.165) is 10.9 Å². The van der Waals surface area contributed by atoms with Gasteiger partial charge < -0.3 is 9.63 Å². The van der Waals surface area contributed by atoms with Crippen LogP contribution in [0.15, 0.2) is 27.2 Å². The Bertz CT molecular complexity index is 559. The summed E-state index contributed by atoms with van der Waals surface area (Å²) in [7, 11) is 0. The highest BCUT2D eigenvalue weighted by atomic mass is 79.9. The Morgan fingerprint density at radius 2 is 2.26 bits per heavy atom. The molecule has 0 amide bonds. The average Bonchev–Trinajstić information content (AvgIpc) is 2.87. The molecule has 0 saturated heterocycles. The van der Waals surface area contributed by atoms with E-state index in [-0.39, 0.29) is 5.75 Å². The van der Waals surface area contributed by atoms with Crippen LogP contribution < -0.4 is 0 Å². The Kier molecular flexibility index (Phi) is 4.87. The lowest BCUT2D eigenvalue weighted by Gasteiger charge is -2.04. The average molecular weight is 343 g/mol. The van der Waals surface area contributed by atoms with Gasteiger partial charge in [0.1, 0.15) is 5.75 Å². The summed E-state index contributed by atoms with van der Waals surface area (Å²) in [6, 6.07) is 5.11. The van der Waals surface area contributed by atoms with E-state index in [9.17, 15) is 5.11 Å². The molecule has 0 aliphatic carbocycles. The molecule has 102 valence electrons. The zero-order chi connectivity index (χ0) is 13.8. The predicted molar refractivity (Wildman–Crippen MR) is 80.1 cm³/mol. The molecule has 1 atom stereocenters. The smallest absolute Gasteiger partial charge is 0.261 e. The minimum Gasteiger partial charge on any atom is -0.507 e. The van der Waals surface area contributed by atoms with E-state index in [2.05, 4.69) is 39.9 Å². The number of phenolic OH excluding ortho intramolecular Hbond substituents is 1. The van der Waals surface area contributed by atoms with Gasteiger partial charge in [0.05, 0.1) is 11.3 Å². The highest BCUT2D eigenvalue weighted by molar-refractivity contribution is 9.10. The first kappa shape index (κ1) is 14.4. The van der Waals surface area contributed by atoms with Gasteiger partial charge in [-0.05, 0) is 24.6 Å². The van der Waals surface area contributed by atoms with Gasteiger partial charge >= 0.3 is 0 Å². The summed E-state index contributed by atoms with van der Waals surface area (Å²) in [6.45, 7) is 4.32. The first-order valence-corrected chi connectivity index (χ1v) is 7.87. The van der Waals surface area contributed by atoms with E-state index < -0.39 is 0 Å². The van der Waals surface area contributed by atoms with Crippen molar-refractivity contribution in [3.8, 4) is 17.2 Å². The first-order valence-electron chi connectivity index (χ1n) is 6.03. The van der Waals surface area contributed by atoms with Crippen molar-refractivity contribution in [3.05, 3.63) is 28.5 Å². The molecule has 1 aromatic heterocycles. The second-order valence-electron chi connectivity index (χ2n) is 4.21. The molecular formula is C13H15BrN2O2S. The molecule has 1 aromatic carbocycles. The summed E-state index contributed by atoms with van der Waals surface area (Å²) >= 11 is 5.14. The standard InChI is InChI=1S/C13H15BrN2O2S/c1-3-8(2)19-7-12-15-13(18-16-12)10-6-9(14)4-5-11(10)17/h4-6,8,17H,3,7H2,1-2H3. The van der Waals surface area contributed by atoms with Crippen LogP contribution in [0.1, 0.15) is 26.1 Å². The Labute approximate surface area is 124 Å². The summed E-state index contributed by atoms with van der Waals surface area (Å²) in [4.78, 5) is 4.31.